The Labute approximate surface area is 140 Å². The Balaban J connectivity index is 1.55. The maximum atomic E-state index is 12.6. The van der Waals surface area contributed by atoms with Crippen LogP contribution in [0, 0.1) is 12.8 Å². The van der Waals surface area contributed by atoms with Gasteiger partial charge in [-0.1, -0.05) is 0 Å². The third-order valence-electron chi connectivity index (χ3n) is 4.88. The van der Waals surface area contributed by atoms with E-state index in [4.69, 9.17) is 0 Å². The minimum Gasteiger partial charge on any atom is -0.356 e. The van der Waals surface area contributed by atoms with Crippen molar-refractivity contribution in [3.8, 4) is 0 Å². The molecule has 8 heteroatoms. The van der Waals surface area contributed by atoms with Crippen molar-refractivity contribution in [3.05, 3.63) is 17.7 Å². The molecule has 0 spiro atoms. The number of carbonyl (C=O) groups is 3. The molecule has 2 atom stereocenters. The topological polar surface area (TPSA) is 96.3 Å². The standard InChI is InChI=1S/C16H23N5O3/c1-10-18-8-13(20(10)2)16(24)21-6-4-12(9-21)19-15(23)11-3-5-17-14(22)7-11/h8,11-12H,3-7,9H2,1-2H3,(H,17,22)(H,19,23)/t11?,12-/m1/s1. The fourth-order valence-electron chi connectivity index (χ4n) is 3.25. The molecule has 0 bridgehead atoms. The zero-order valence-electron chi connectivity index (χ0n) is 14.0. The quantitative estimate of drug-likeness (QED) is 0.786. The van der Waals surface area contributed by atoms with Crippen LogP contribution >= 0.6 is 0 Å². The van der Waals surface area contributed by atoms with Gasteiger partial charge in [-0.25, -0.2) is 4.98 Å². The highest BCUT2D eigenvalue weighted by Gasteiger charge is 2.32. The smallest absolute Gasteiger partial charge is 0.272 e. The second-order valence-electron chi connectivity index (χ2n) is 6.53. The van der Waals surface area contributed by atoms with E-state index in [0.717, 1.165) is 12.2 Å². The number of piperidine rings is 1. The normalized spacial score (nSPS) is 23.9. The highest BCUT2D eigenvalue weighted by Crippen LogP contribution is 2.17. The number of rotatable bonds is 3. The van der Waals surface area contributed by atoms with Crippen molar-refractivity contribution < 1.29 is 14.4 Å². The molecule has 1 aromatic heterocycles. The van der Waals surface area contributed by atoms with Crippen molar-refractivity contribution in [2.45, 2.75) is 32.2 Å². The lowest BCUT2D eigenvalue weighted by atomic mass is 9.96. The fraction of sp³-hybridized carbons (Fsp3) is 0.625. The van der Waals surface area contributed by atoms with E-state index in [1.54, 1.807) is 15.7 Å². The first-order chi connectivity index (χ1) is 11.5. The third kappa shape index (κ3) is 3.27. The van der Waals surface area contributed by atoms with Crippen LogP contribution in [0.5, 0.6) is 0 Å². The molecular formula is C16H23N5O3. The maximum absolute atomic E-state index is 12.6. The number of aryl methyl sites for hydroxylation is 1. The average molecular weight is 333 g/mol. The molecule has 3 heterocycles. The molecule has 8 nitrogen and oxygen atoms in total. The van der Waals surface area contributed by atoms with Gasteiger partial charge in [-0.2, -0.15) is 0 Å². The fourth-order valence-corrected chi connectivity index (χ4v) is 3.25. The van der Waals surface area contributed by atoms with Crippen LogP contribution in [0.15, 0.2) is 6.20 Å². The van der Waals surface area contributed by atoms with E-state index in [1.807, 2.05) is 14.0 Å². The molecule has 2 aliphatic rings. The van der Waals surface area contributed by atoms with E-state index in [1.165, 1.54) is 0 Å². The predicted octanol–water partition coefficient (Wildman–Crippen LogP) is -0.415. The predicted molar refractivity (Wildman–Crippen MR) is 86.1 cm³/mol. The van der Waals surface area contributed by atoms with Crippen molar-refractivity contribution in [1.82, 2.24) is 25.1 Å². The van der Waals surface area contributed by atoms with Gasteiger partial charge in [0.25, 0.3) is 5.91 Å². The summed E-state index contributed by atoms with van der Waals surface area (Å²) in [4.78, 5) is 42.1. The van der Waals surface area contributed by atoms with Crippen LogP contribution in [0.4, 0.5) is 0 Å². The van der Waals surface area contributed by atoms with Crippen LogP contribution in [-0.4, -0.2) is 57.8 Å². The Hall–Kier alpha value is -2.38. The molecule has 0 saturated carbocycles. The number of amides is 3. The summed E-state index contributed by atoms with van der Waals surface area (Å²) < 4.78 is 1.77. The third-order valence-corrected chi connectivity index (χ3v) is 4.88. The van der Waals surface area contributed by atoms with Gasteiger partial charge in [-0.15, -0.1) is 0 Å². The first-order valence-corrected chi connectivity index (χ1v) is 8.30. The summed E-state index contributed by atoms with van der Waals surface area (Å²) in [5.74, 6) is 0.310. The van der Waals surface area contributed by atoms with Crippen molar-refractivity contribution in [2.75, 3.05) is 19.6 Å². The number of hydrogen-bond donors (Lipinski definition) is 2. The number of aromatic nitrogens is 2. The molecule has 0 aliphatic carbocycles. The minimum atomic E-state index is -0.261. The Morgan fingerprint density at radius 2 is 2.17 bits per heavy atom. The molecule has 3 amide bonds. The van der Waals surface area contributed by atoms with E-state index in [2.05, 4.69) is 15.6 Å². The number of carbonyl (C=O) groups excluding carboxylic acids is 3. The first kappa shape index (κ1) is 16.5. The van der Waals surface area contributed by atoms with Gasteiger partial charge >= 0.3 is 0 Å². The van der Waals surface area contributed by atoms with Gasteiger partial charge in [-0.05, 0) is 19.8 Å². The molecule has 24 heavy (non-hydrogen) atoms. The van der Waals surface area contributed by atoms with Gasteiger partial charge in [0.05, 0.1) is 6.20 Å². The van der Waals surface area contributed by atoms with Crippen LogP contribution < -0.4 is 10.6 Å². The van der Waals surface area contributed by atoms with Crippen molar-refractivity contribution >= 4 is 17.7 Å². The molecule has 1 unspecified atom stereocenters. The first-order valence-electron chi connectivity index (χ1n) is 8.30. The summed E-state index contributed by atoms with van der Waals surface area (Å²) in [6, 6.07) is -0.0548. The number of likely N-dealkylation sites (tertiary alicyclic amines) is 1. The van der Waals surface area contributed by atoms with Crippen molar-refractivity contribution in [2.24, 2.45) is 13.0 Å². The number of nitrogens with one attached hydrogen (secondary N) is 2. The SMILES string of the molecule is Cc1ncc(C(=O)N2CC[C@@H](NC(=O)C3CCNC(=O)C3)C2)n1C. The zero-order valence-corrected chi connectivity index (χ0v) is 14.0. The summed E-state index contributed by atoms with van der Waals surface area (Å²) in [7, 11) is 1.82. The molecule has 130 valence electrons. The summed E-state index contributed by atoms with van der Waals surface area (Å²) in [5, 5.41) is 5.72. The largest absolute Gasteiger partial charge is 0.356 e. The Morgan fingerprint density at radius 1 is 1.38 bits per heavy atom. The molecule has 2 aliphatic heterocycles. The second kappa shape index (κ2) is 6.62. The Morgan fingerprint density at radius 3 is 2.83 bits per heavy atom. The number of imidazole rings is 1. The summed E-state index contributed by atoms with van der Waals surface area (Å²) in [6.07, 6.45) is 3.23. The van der Waals surface area contributed by atoms with Gasteiger partial charge in [0, 0.05) is 45.1 Å². The van der Waals surface area contributed by atoms with Gasteiger partial charge in [0.1, 0.15) is 11.5 Å². The Kier molecular flexibility index (Phi) is 4.55. The summed E-state index contributed by atoms with van der Waals surface area (Å²) >= 11 is 0. The Bertz CT molecular complexity index is 669. The lowest BCUT2D eigenvalue weighted by Gasteiger charge is -2.23. The lowest BCUT2D eigenvalue weighted by molar-refractivity contribution is -0.132. The summed E-state index contributed by atoms with van der Waals surface area (Å²) in [6.45, 7) is 3.50. The van der Waals surface area contributed by atoms with Crippen LogP contribution in [-0.2, 0) is 16.6 Å². The number of hydrogen-bond acceptors (Lipinski definition) is 4. The summed E-state index contributed by atoms with van der Waals surface area (Å²) in [5.41, 5.74) is 0.559. The minimum absolute atomic E-state index is 0.0548. The monoisotopic (exact) mass is 333 g/mol. The van der Waals surface area contributed by atoms with Crippen LogP contribution in [0.2, 0.25) is 0 Å². The van der Waals surface area contributed by atoms with Crippen molar-refractivity contribution in [3.63, 3.8) is 0 Å². The molecule has 0 radical (unpaired) electrons. The number of nitrogens with zero attached hydrogens (tertiary/aromatic N) is 3. The van der Waals surface area contributed by atoms with Crippen molar-refractivity contribution in [1.29, 1.82) is 0 Å². The zero-order chi connectivity index (χ0) is 17.3. The van der Waals surface area contributed by atoms with Gasteiger partial charge in [-0.3, -0.25) is 14.4 Å². The molecule has 0 aromatic carbocycles. The van der Waals surface area contributed by atoms with E-state index in [0.29, 0.717) is 31.7 Å². The van der Waals surface area contributed by atoms with Crippen LogP contribution in [0.1, 0.15) is 35.6 Å². The molecule has 3 rings (SSSR count). The maximum Gasteiger partial charge on any atom is 0.272 e. The average Bonchev–Trinajstić information content (AvgIpc) is 3.15. The van der Waals surface area contributed by atoms with E-state index in [9.17, 15) is 14.4 Å². The van der Waals surface area contributed by atoms with E-state index >= 15 is 0 Å². The lowest BCUT2D eigenvalue weighted by Crippen LogP contribution is -2.45. The highest BCUT2D eigenvalue weighted by atomic mass is 16.2. The van der Waals surface area contributed by atoms with E-state index < -0.39 is 0 Å². The van der Waals surface area contributed by atoms with Gasteiger partial charge < -0.3 is 20.1 Å². The van der Waals surface area contributed by atoms with Crippen LogP contribution in [0.3, 0.4) is 0 Å². The van der Waals surface area contributed by atoms with Gasteiger partial charge in [0.2, 0.25) is 11.8 Å². The molecule has 2 fully saturated rings. The van der Waals surface area contributed by atoms with Crippen LogP contribution in [0.25, 0.3) is 0 Å². The van der Waals surface area contributed by atoms with Gasteiger partial charge in [0.15, 0.2) is 0 Å². The molecular weight excluding hydrogens is 310 g/mol. The molecule has 2 N–H and O–H groups in total. The highest BCUT2D eigenvalue weighted by molar-refractivity contribution is 5.93. The molecule has 1 aromatic rings. The second-order valence-corrected chi connectivity index (χ2v) is 6.53. The van der Waals surface area contributed by atoms with E-state index in [-0.39, 0.29) is 36.1 Å². The molecule has 2 saturated heterocycles.